The number of imidazole rings is 1. The van der Waals surface area contributed by atoms with Crippen LogP contribution in [0.3, 0.4) is 0 Å². The van der Waals surface area contributed by atoms with Gasteiger partial charge in [-0.1, -0.05) is 6.92 Å². The smallest absolute Gasteiger partial charge is 0.239 e. The number of nitrogens with zero attached hydrogens (tertiary/aromatic N) is 2. The Morgan fingerprint density at radius 3 is 2.90 bits per heavy atom. The Kier molecular flexibility index (Phi) is 2.26. The highest BCUT2D eigenvalue weighted by Gasteiger charge is 1.91. The number of aryl methyl sites for hydroxylation is 1. The van der Waals surface area contributed by atoms with Crippen molar-refractivity contribution in [1.82, 2.24) is 4.57 Å². The van der Waals surface area contributed by atoms with Gasteiger partial charge in [-0.2, -0.15) is 0 Å². The van der Waals surface area contributed by atoms with E-state index in [2.05, 4.69) is 19.2 Å². The first kappa shape index (κ1) is 7.06. The maximum Gasteiger partial charge on any atom is 0.248 e. The van der Waals surface area contributed by atoms with Crippen LogP contribution in [-0.2, 0) is 7.05 Å². The Balaban J connectivity index is 2.67. The first-order valence-corrected chi connectivity index (χ1v) is 3.52. The van der Waals surface area contributed by atoms with Crippen LogP contribution in [0.2, 0.25) is 0 Å². The molecule has 10 heavy (non-hydrogen) atoms. The summed E-state index contributed by atoms with van der Waals surface area (Å²) in [5.41, 5.74) is 0. The molecule has 0 bridgehead atoms. The second-order valence-electron chi connectivity index (χ2n) is 2.32. The van der Waals surface area contributed by atoms with Crippen molar-refractivity contribution in [3.63, 3.8) is 0 Å². The van der Waals surface area contributed by atoms with Crippen LogP contribution in [0.5, 0.6) is 0 Å². The van der Waals surface area contributed by atoms with E-state index in [1.54, 1.807) is 0 Å². The summed E-state index contributed by atoms with van der Waals surface area (Å²) in [5, 5.41) is 0. The van der Waals surface area contributed by atoms with Gasteiger partial charge in [0.25, 0.3) is 0 Å². The highest BCUT2D eigenvalue weighted by atomic mass is 15.1. The van der Waals surface area contributed by atoms with Crippen LogP contribution < -0.4 is 4.57 Å². The fourth-order valence-corrected chi connectivity index (χ4v) is 0.785. The van der Waals surface area contributed by atoms with E-state index in [-0.39, 0.29) is 0 Å². The summed E-state index contributed by atoms with van der Waals surface area (Å²) in [6.45, 7) is 2.12. The van der Waals surface area contributed by atoms with Crippen molar-refractivity contribution >= 4 is 6.20 Å². The topological polar surface area (TPSA) is 8.81 Å². The highest BCUT2D eigenvalue weighted by Crippen LogP contribution is 1.86. The van der Waals surface area contributed by atoms with Gasteiger partial charge in [0.05, 0.1) is 13.2 Å². The molecule has 0 aliphatic heterocycles. The fourth-order valence-electron chi connectivity index (χ4n) is 0.785. The first-order valence-electron chi connectivity index (χ1n) is 3.52. The Morgan fingerprint density at radius 2 is 2.40 bits per heavy atom. The van der Waals surface area contributed by atoms with E-state index in [1.807, 2.05) is 34.9 Å². The zero-order chi connectivity index (χ0) is 7.40. The quantitative estimate of drug-likeness (QED) is 0.541. The summed E-state index contributed by atoms with van der Waals surface area (Å²) in [7, 11) is 2.01. The molecule has 1 aromatic rings. The van der Waals surface area contributed by atoms with Gasteiger partial charge in [0, 0.05) is 0 Å². The number of hydrogen-bond acceptors (Lipinski definition) is 0. The van der Waals surface area contributed by atoms with Gasteiger partial charge >= 0.3 is 0 Å². The van der Waals surface area contributed by atoms with E-state index >= 15 is 0 Å². The first-order chi connectivity index (χ1) is 4.83. The molecule has 0 aliphatic carbocycles. The van der Waals surface area contributed by atoms with Crippen LogP contribution in [0.15, 0.2) is 24.8 Å². The van der Waals surface area contributed by atoms with Crippen molar-refractivity contribution in [3.8, 4) is 0 Å². The number of allylic oxidation sites excluding steroid dienone is 1. The molecular weight excluding hydrogens is 124 g/mol. The lowest BCUT2D eigenvalue weighted by Crippen LogP contribution is -2.23. The van der Waals surface area contributed by atoms with Crippen molar-refractivity contribution in [2.45, 2.75) is 13.3 Å². The molecule has 0 saturated carbocycles. The largest absolute Gasteiger partial charge is 0.248 e. The van der Waals surface area contributed by atoms with Crippen molar-refractivity contribution in [2.75, 3.05) is 0 Å². The summed E-state index contributed by atoms with van der Waals surface area (Å²) in [6, 6.07) is 0. The van der Waals surface area contributed by atoms with Crippen LogP contribution >= 0.6 is 0 Å². The monoisotopic (exact) mass is 137 g/mol. The molecule has 54 valence electrons. The molecule has 0 spiro atoms. The average molecular weight is 137 g/mol. The van der Waals surface area contributed by atoms with Crippen LogP contribution in [0, 0.1) is 0 Å². The Labute approximate surface area is 61.4 Å². The van der Waals surface area contributed by atoms with Gasteiger partial charge in [-0.3, -0.25) is 0 Å². The number of rotatable bonds is 2. The molecule has 2 heteroatoms. The minimum atomic E-state index is 1.09. The number of aromatic nitrogens is 2. The minimum Gasteiger partial charge on any atom is -0.239 e. The van der Waals surface area contributed by atoms with E-state index in [0.29, 0.717) is 0 Å². The second kappa shape index (κ2) is 3.20. The molecule has 0 amide bonds. The summed E-state index contributed by atoms with van der Waals surface area (Å²) in [6.07, 6.45) is 11.3. The van der Waals surface area contributed by atoms with Crippen LogP contribution in [0.1, 0.15) is 13.3 Å². The number of hydrogen-bond donors (Lipinski definition) is 0. The standard InChI is InChI=1S/C8H13N2/c1-3-4-5-10-7-6-9(2)8-10/h4-8H,3H2,1-2H3/q+1. The average Bonchev–Trinajstić information content (AvgIpc) is 2.31. The SMILES string of the molecule is CCC=Cn1cc[n+](C)c1. The van der Waals surface area contributed by atoms with Gasteiger partial charge in [-0.05, 0) is 12.5 Å². The maximum absolute atomic E-state index is 2.12. The Morgan fingerprint density at radius 1 is 1.60 bits per heavy atom. The molecule has 0 radical (unpaired) electrons. The van der Waals surface area contributed by atoms with Gasteiger partial charge in [0.15, 0.2) is 0 Å². The van der Waals surface area contributed by atoms with Crippen molar-refractivity contribution in [3.05, 3.63) is 24.8 Å². The molecule has 0 unspecified atom stereocenters. The lowest BCUT2D eigenvalue weighted by Gasteiger charge is -1.79. The van der Waals surface area contributed by atoms with Crippen LogP contribution in [0.4, 0.5) is 0 Å². The normalized spacial score (nSPS) is 11.0. The van der Waals surface area contributed by atoms with E-state index in [4.69, 9.17) is 0 Å². The third-order valence-corrected chi connectivity index (χ3v) is 1.30. The Hall–Kier alpha value is -1.05. The summed E-state index contributed by atoms with van der Waals surface area (Å²) in [5.74, 6) is 0. The van der Waals surface area contributed by atoms with E-state index in [9.17, 15) is 0 Å². The summed E-state index contributed by atoms with van der Waals surface area (Å²) >= 11 is 0. The molecule has 0 fully saturated rings. The minimum absolute atomic E-state index is 1.09. The van der Waals surface area contributed by atoms with Gasteiger partial charge in [0.1, 0.15) is 12.4 Å². The van der Waals surface area contributed by atoms with Crippen molar-refractivity contribution < 1.29 is 4.57 Å². The van der Waals surface area contributed by atoms with Crippen molar-refractivity contribution in [2.24, 2.45) is 7.05 Å². The second-order valence-corrected chi connectivity index (χ2v) is 2.32. The predicted octanol–water partition coefficient (Wildman–Crippen LogP) is 1.19. The summed E-state index contributed by atoms with van der Waals surface area (Å²) < 4.78 is 4.05. The molecule has 2 nitrogen and oxygen atoms in total. The van der Waals surface area contributed by atoms with Gasteiger partial charge in [0.2, 0.25) is 6.33 Å². The maximum atomic E-state index is 2.12. The third-order valence-electron chi connectivity index (χ3n) is 1.30. The third kappa shape index (κ3) is 1.72. The lowest BCUT2D eigenvalue weighted by atomic mass is 10.5. The van der Waals surface area contributed by atoms with E-state index < -0.39 is 0 Å². The molecule has 0 N–H and O–H groups in total. The van der Waals surface area contributed by atoms with Crippen LogP contribution in [-0.4, -0.2) is 4.57 Å². The van der Waals surface area contributed by atoms with E-state index in [1.165, 1.54) is 0 Å². The van der Waals surface area contributed by atoms with Crippen LogP contribution in [0.25, 0.3) is 6.20 Å². The zero-order valence-corrected chi connectivity index (χ0v) is 6.49. The lowest BCUT2D eigenvalue weighted by molar-refractivity contribution is -0.670. The summed E-state index contributed by atoms with van der Waals surface area (Å²) in [4.78, 5) is 0. The molecule has 0 atom stereocenters. The molecule has 0 aromatic carbocycles. The molecule has 0 aliphatic rings. The van der Waals surface area contributed by atoms with Gasteiger partial charge < -0.3 is 0 Å². The molecule has 1 aromatic heterocycles. The van der Waals surface area contributed by atoms with Crippen molar-refractivity contribution in [1.29, 1.82) is 0 Å². The van der Waals surface area contributed by atoms with Gasteiger partial charge in [-0.25, -0.2) is 9.13 Å². The van der Waals surface area contributed by atoms with Gasteiger partial charge in [-0.15, -0.1) is 0 Å². The van der Waals surface area contributed by atoms with E-state index in [0.717, 1.165) is 6.42 Å². The fraction of sp³-hybridized carbons (Fsp3) is 0.375. The highest BCUT2D eigenvalue weighted by molar-refractivity contribution is 5.19. The molecule has 0 saturated heterocycles. The molecule has 1 heterocycles. The molecular formula is C8H13N2+. The zero-order valence-electron chi connectivity index (χ0n) is 6.49. The molecule has 1 rings (SSSR count). The Bertz CT molecular complexity index is 223. The predicted molar refractivity (Wildman–Crippen MR) is 41.2 cm³/mol.